The van der Waals surface area contributed by atoms with Gasteiger partial charge in [0, 0.05) is 0 Å². The van der Waals surface area contributed by atoms with Crippen molar-refractivity contribution in [1.82, 2.24) is 10.9 Å². The molecule has 0 aromatic heterocycles. The number of hydrogen-bond donors (Lipinski definition) is 5. The van der Waals surface area contributed by atoms with Crippen LogP contribution in [-0.2, 0) is 4.79 Å². The molecule has 7 N–H and O–H groups in total. The summed E-state index contributed by atoms with van der Waals surface area (Å²) >= 11 is 0. The molecule has 0 aromatic carbocycles. The molecular formula is C6H15N5O2. The van der Waals surface area contributed by atoms with Crippen LogP contribution < -0.4 is 22.5 Å². The van der Waals surface area contributed by atoms with Crippen molar-refractivity contribution in [1.29, 1.82) is 0 Å². The fourth-order valence-electron chi connectivity index (χ4n) is 0.745. The number of nitrogens with zero attached hydrogens (tertiary/aromatic N) is 1. The van der Waals surface area contributed by atoms with E-state index in [0.29, 0.717) is 0 Å². The molecule has 0 aliphatic carbocycles. The molecule has 0 bridgehead atoms. The van der Waals surface area contributed by atoms with Crippen LogP contribution in [-0.4, -0.2) is 23.1 Å². The maximum absolute atomic E-state index is 10.7. The lowest BCUT2D eigenvalue weighted by atomic mass is 10.1. The van der Waals surface area contributed by atoms with Gasteiger partial charge in [-0.3, -0.25) is 10.9 Å². The zero-order valence-electron chi connectivity index (χ0n) is 7.61. The summed E-state index contributed by atoms with van der Waals surface area (Å²) in [6.45, 7) is 3.49. The van der Waals surface area contributed by atoms with Crippen molar-refractivity contribution in [2.75, 3.05) is 0 Å². The van der Waals surface area contributed by atoms with Crippen molar-refractivity contribution < 1.29 is 9.90 Å². The van der Waals surface area contributed by atoms with Crippen LogP contribution in [0.25, 0.3) is 0 Å². The monoisotopic (exact) mass is 189 g/mol. The molecule has 1 atom stereocenters. The average Bonchev–Trinajstić information content (AvgIpc) is 2.05. The molecule has 0 aromatic rings. The minimum atomic E-state index is -1.02. The number of carbonyl (C=O) groups is 1. The van der Waals surface area contributed by atoms with E-state index < -0.39 is 12.0 Å². The van der Waals surface area contributed by atoms with Gasteiger partial charge in [0.15, 0.2) is 6.04 Å². The summed E-state index contributed by atoms with van der Waals surface area (Å²) < 4.78 is 0. The second-order valence-corrected chi connectivity index (χ2v) is 2.79. The largest absolute Gasteiger partial charge is 0.480 e. The highest BCUT2D eigenvalue weighted by atomic mass is 16.4. The Hall–Kier alpha value is -1.34. The third-order valence-electron chi connectivity index (χ3n) is 1.43. The standard InChI is InChI=1S/C6H15N5O2/c1-3(2)4(5(12)13)9-6(10-7)11-8/h3-4H,7-8H2,1-2H3,(H,12,13)(H2,9,10,11). The van der Waals surface area contributed by atoms with E-state index in [1.165, 1.54) is 0 Å². The van der Waals surface area contributed by atoms with E-state index in [1.54, 1.807) is 13.8 Å². The number of aliphatic imine (C=N–C) groups is 1. The first-order valence-corrected chi connectivity index (χ1v) is 3.76. The minimum absolute atomic E-state index is 0.0427. The second-order valence-electron chi connectivity index (χ2n) is 2.79. The van der Waals surface area contributed by atoms with Gasteiger partial charge in [0.2, 0.25) is 5.96 Å². The van der Waals surface area contributed by atoms with E-state index in [0.717, 1.165) is 0 Å². The van der Waals surface area contributed by atoms with Gasteiger partial charge in [0.1, 0.15) is 0 Å². The number of aliphatic carboxylic acids is 1. The summed E-state index contributed by atoms with van der Waals surface area (Å²) in [5.41, 5.74) is 4.28. The fraction of sp³-hybridized carbons (Fsp3) is 0.667. The molecule has 0 amide bonds. The number of nitrogens with one attached hydrogen (secondary N) is 2. The number of guanidine groups is 1. The maximum Gasteiger partial charge on any atom is 0.328 e. The Morgan fingerprint density at radius 1 is 1.38 bits per heavy atom. The molecule has 1 unspecified atom stereocenters. The first-order valence-electron chi connectivity index (χ1n) is 3.76. The van der Waals surface area contributed by atoms with Gasteiger partial charge in [-0.1, -0.05) is 13.8 Å². The molecule has 0 saturated carbocycles. The van der Waals surface area contributed by atoms with Gasteiger partial charge in [-0.25, -0.2) is 21.5 Å². The fourth-order valence-corrected chi connectivity index (χ4v) is 0.745. The number of hydrazine groups is 2. The molecule has 7 nitrogen and oxygen atoms in total. The number of nitrogens with two attached hydrogens (primary N) is 2. The lowest BCUT2D eigenvalue weighted by molar-refractivity contribution is -0.139. The third kappa shape index (κ3) is 3.72. The number of rotatable bonds is 3. The summed E-state index contributed by atoms with van der Waals surface area (Å²) in [6.07, 6.45) is 0. The van der Waals surface area contributed by atoms with Gasteiger partial charge in [0.25, 0.3) is 0 Å². The molecule has 0 saturated heterocycles. The molecule has 13 heavy (non-hydrogen) atoms. The Balaban J connectivity index is 4.56. The second kappa shape index (κ2) is 5.33. The molecule has 0 rings (SSSR count). The van der Waals surface area contributed by atoms with Crippen LogP contribution in [0.2, 0.25) is 0 Å². The summed E-state index contributed by atoms with van der Waals surface area (Å²) in [5, 5.41) is 8.74. The summed E-state index contributed by atoms with van der Waals surface area (Å²) in [5.74, 6) is 8.93. The Morgan fingerprint density at radius 2 is 1.85 bits per heavy atom. The number of hydrogen-bond acceptors (Lipinski definition) is 4. The normalized spacial score (nSPS) is 12.1. The quantitative estimate of drug-likeness (QED) is 0.157. The molecule has 7 heteroatoms. The zero-order valence-corrected chi connectivity index (χ0v) is 7.61. The van der Waals surface area contributed by atoms with Gasteiger partial charge in [-0.2, -0.15) is 0 Å². The van der Waals surface area contributed by atoms with Gasteiger partial charge in [-0.05, 0) is 5.92 Å². The lowest BCUT2D eigenvalue weighted by Crippen LogP contribution is -2.46. The highest BCUT2D eigenvalue weighted by molar-refractivity contribution is 5.83. The molecule has 0 aliphatic heterocycles. The van der Waals surface area contributed by atoms with Gasteiger partial charge in [0.05, 0.1) is 0 Å². The highest BCUT2D eigenvalue weighted by Gasteiger charge is 2.20. The van der Waals surface area contributed by atoms with E-state index >= 15 is 0 Å². The van der Waals surface area contributed by atoms with Gasteiger partial charge < -0.3 is 5.11 Å². The van der Waals surface area contributed by atoms with E-state index in [9.17, 15) is 4.79 Å². The summed E-state index contributed by atoms with van der Waals surface area (Å²) in [7, 11) is 0. The maximum atomic E-state index is 10.7. The smallest absolute Gasteiger partial charge is 0.328 e. The van der Waals surface area contributed by atoms with E-state index in [1.807, 2.05) is 0 Å². The van der Waals surface area contributed by atoms with Crippen molar-refractivity contribution in [2.24, 2.45) is 22.6 Å². The van der Waals surface area contributed by atoms with Gasteiger partial charge in [-0.15, -0.1) is 0 Å². The first-order chi connectivity index (χ1) is 6.02. The minimum Gasteiger partial charge on any atom is -0.480 e. The number of carboxylic acids is 1. The molecule has 76 valence electrons. The molecular weight excluding hydrogens is 174 g/mol. The third-order valence-corrected chi connectivity index (χ3v) is 1.43. The zero-order chi connectivity index (χ0) is 10.4. The van der Waals surface area contributed by atoms with Crippen molar-refractivity contribution in [3.8, 4) is 0 Å². The molecule has 0 fully saturated rings. The Morgan fingerprint density at radius 3 is 2.08 bits per heavy atom. The first kappa shape index (κ1) is 11.7. The topological polar surface area (TPSA) is 126 Å². The van der Waals surface area contributed by atoms with E-state index in [-0.39, 0.29) is 11.9 Å². The van der Waals surface area contributed by atoms with E-state index in [4.69, 9.17) is 16.8 Å². The molecule has 0 heterocycles. The van der Waals surface area contributed by atoms with Crippen LogP contribution >= 0.6 is 0 Å². The summed E-state index contributed by atoms with van der Waals surface area (Å²) in [4.78, 5) is 14.4. The average molecular weight is 189 g/mol. The van der Waals surface area contributed by atoms with E-state index in [2.05, 4.69) is 15.8 Å². The predicted octanol–water partition coefficient (Wildman–Crippen LogP) is -1.62. The van der Waals surface area contributed by atoms with Crippen molar-refractivity contribution in [3.05, 3.63) is 0 Å². The summed E-state index contributed by atoms with van der Waals surface area (Å²) in [6, 6.07) is -0.859. The Kier molecular flexibility index (Phi) is 4.78. The van der Waals surface area contributed by atoms with Crippen LogP contribution in [0.15, 0.2) is 4.99 Å². The Bertz CT molecular complexity index is 197. The number of carboxylic acid groups (broad SMARTS) is 1. The molecule has 0 radical (unpaired) electrons. The van der Waals surface area contributed by atoms with Crippen LogP contribution in [0, 0.1) is 5.92 Å². The van der Waals surface area contributed by atoms with Crippen LogP contribution in [0.1, 0.15) is 13.8 Å². The highest BCUT2D eigenvalue weighted by Crippen LogP contribution is 2.05. The lowest BCUT2D eigenvalue weighted by Gasteiger charge is -2.13. The molecule has 0 spiro atoms. The van der Waals surface area contributed by atoms with Crippen molar-refractivity contribution in [3.63, 3.8) is 0 Å². The van der Waals surface area contributed by atoms with Crippen LogP contribution in [0.4, 0.5) is 0 Å². The Labute approximate surface area is 76.1 Å². The molecule has 0 aliphatic rings. The van der Waals surface area contributed by atoms with Crippen molar-refractivity contribution >= 4 is 11.9 Å². The SMILES string of the molecule is CC(C)C(N=C(NN)NN)C(=O)O. The van der Waals surface area contributed by atoms with Crippen LogP contribution in [0.5, 0.6) is 0 Å². The van der Waals surface area contributed by atoms with Gasteiger partial charge >= 0.3 is 5.97 Å². The van der Waals surface area contributed by atoms with Crippen LogP contribution in [0.3, 0.4) is 0 Å². The van der Waals surface area contributed by atoms with Crippen molar-refractivity contribution in [2.45, 2.75) is 19.9 Å². The predicted molar refractivity (Wildman–Crippen MR) is 48.3 cm³/mol.